The van der Waals surface area contributed by atoms with E-state index in [-0.39, 0.29) is 78.5 Å². The van der Waals surface area contributed by atoms with Gasteiger partial charge in [0.1, 0.15) is 62.5 Å². The van der Waals surface area contributed by atoms with Gasteiger partial charge in [-0.15, -0.1) is 0 Å². The molecule has 2 fully saturated rings. The fourth-order valence-electron chi connectivity index (χ4n) is 13.8. The molecule has 31 nitrogen and oxygen atoms in total. The SMILES string of the molecule is CCCCOCC1O[C@@H](OC2[C@H](O)C(CO)O[C@@H](O[C@@H](C)C(COCCCC)O[C@@H](OCCN(Cc3ccccc3)C(=O)OCc3ccccc3)[C@H](COC(=O)c3ccccc3)OC(=O)c3ccccc3)[C@H]2OC(=O)c2ccccc2)C(OC(=O)c2ccccc2)C(OC(=O)c2ccccc2)[C@@H]1O[C@H](OC(CO)[C@H](C)O)[C@H](COC(=O)c1ccccc1)OC(=O)c1ccccc1. The van der Waals surface area contributed by atoms with E-state index in [0.717, 1.165) is 5.56 Å². The van der Waals surface area contributed by atoms with Gasteiger partial charge in [0.05, 0.1) is 84.2 Å². The lowest BCUT2D eigenvalue weighted by molar-refractivity contribution is -0.375. The maximum absolute atomic E-state index is 15.3. The predicted octanol–water partition coefficient (Wildman–Crippen LogP) is 12.1. The van der Waals surface area contributed by atoms with Gasteiger partial charge in [0.15, 0.2) is 55.7 Å². The molecule has 0 aromatic heterocycles. The highest BCUT2D eigenvalue weighted by molar-refractivity contribution is 5.93. The van der Waals surface area contributed by atoms with E-state index in [4.69, 9.17) is 85.3 Å². The Morgan fingerprint density at radius 3 is 1.24 bits per heavy atom. The molecule has 0 spiro atoms. The molecule has 2 aliphatic heterocycles. The molecule has 9 aromatic rings. The number of hydrogen-bond acceptors (Lipinski definition) is 30. The van der Waals surface area contributed by atoms with Crippen LogP contribution in [0.1, 0.15) is 137 Å². The molecule has 9 aromatic carbocycles. The van der Waals surface area contributed by atoms with Gasteiger partial charge in [0.25, 0.3) is 0 Å². The number of unbranched alkanes of at least 4 members (excludes halogenated alkanes) is 2. The number of carbonyl (C=O) groups is 8. The molecule has 0 bridgehead atoms. The summed E-state index contributed by atoms with van der Waals surface area (Å²) in [4.78, 5) is 119. The third kappa shape index (κ3) is 30.3. The second kappa shape index (κ2) is 52.7. The monoisotopic (exact) mass is 1810 g/mol. The largest absolute Gasteiger partial charge is 0.458 e. The Hall–Kier alpha value is -12.0. The molecule has 7 unspecified atom stereocenters. The zero-order chi connectivity index (χ0) is 92.6. The van der Waals surface area contributed by atoms with E-state index < -0.39 is 198 Å². The Morgan fingerprint density at radius 1 is 0.397 bits per heavy atom. The van der Waals surface area contributed by atoms with Crippen LogP contribution >= 0.6 is 0 Å². The van der Waals surface area contributed by atoms with Gasteiger partial charge in [-0.25, -0.2) is 38.4 Å². The van der Waals surface area contributed by atoms with Crippen molar-refractivity contribution in [2.24, 2.45) is 0 Å². The van der Waals surface area contributed by atoms with E-state index in [9.17, 15) is 44.4 Å². The second-order valence-electron chi connectivity index (χ2n) is 30.7. The first kappa shape index (κ1) is 99.6. The zero-order valence-corrected chi connectivity index (χ0v) is 73.0. The average Bonchev–Trinajstić information content (AvgIpc) is 0.759. The number of hydrogen-bond donors (Lipinski definition) is 4. The van der Waals surface area contributed by atoms with E-state index in [1.165, 1.54) is 116 Å². The lowest BCUT2D eigenvalue weighted by Gasteiger charge is -2.49. The van der Waals surface area contributed by atoms with Crippen LogP contribution in [0.4, 0.5) is 4.79 Å². The van der Waals surface area contributed by atoms with E-state index in [1.54, 1.807) is 127 Å². The van der Waals surface area contributed by atoms with Gasteiger partial charge in [0.2, 0.25) is 0 Å². The van der Waals surface area contributed by atoms with Crippen LogP contribution in [0.15, 0.2) is 273 Å². The van der Waals surface area contributed by atoms with Crippen LogP contribution in [-0.2, 0) is 98.4 Å². The first-order valence-corrected chi connectivity index (χ1v) is 43.5. The third-order valence-electron chi connectivity index (χ3n) is 21.0. The summed E-state index contributed by atoms with van der Waals surface area (Å²) in [5.41, 5.74) is 1.47. The molecule has 2 heterocycles. The van der Waals surface area contributed by atoms with Crippen LogP contribution in [0.5, 0.6) is 0 Å². The summed E-state index contributed by atoms with van der Waals surface area (Å²) in [6.07, 6.45) is -32.2. The Balaban J connectivity index is 1.02. The van der Waals surface area contributed by atoms with Crippen molar-refractivity contribution in [1.29, 1.82) is 0 Å². The number of aliphatic hydroxyl groups is 4. The fraction of sp³-hybridized carbons (Fsp3) is 0.380. The van der Waals surface area contributed by atoms with Crippen molar-refractivity contribution in [2.45, 2.75) is 177 Å². The smallest absolute Gasteiger partial charge is 0.410 e. The molecule has 2 aliphatic rings. The summed E-state index contributed by atoms with van der Waals surface area (Å²) in [7, 11) is 0. The highest BCUT2D eigenvalue weighted by atomic mass is 16.8. The van der Waals surface area contributed by atoms with Crippen molar-refractivity contribution in [1.82, 2.24) is 4.90 Å². The van der Waals surface area contributed by atoms with Crippen molar-refractivity contribution in [2.75, 3.05) is 66.0 Å². The summed E-state index contributed by atoms with van der Waals surface area (Å²) in [5, 5.41) is 47.0. The van der Waals surface area contributed by atoms with Crippen LogP contribution in [0, 0.1) is 0 Å². The molecular formula is C100H111NO30. The Kier molecular flexibility index (Phi) is 40.1. The summed E-state index contributed by atoms with van der Waals surface area (Å²) in [6.45, 7) is 1.62. The zero-order valence-electron chi connectivity index (χ0n) is 73.0. The van der Waals surface area contributed by atoms with Gasteiger partial charge >= 0.3 is 47.9 Å². The molecule has 11 rings (SSSR count). The van der Waals surface area contributed by atoms with Crippen LogP contribution in [0.25, 0.3) is 0 Å². The minimum Gasteiger partial charge on any atom is -0.458 e. The van der Waals surface area contributed by atoms with Crippen LogP contribution in [-0.4, -0.2) is 250 Å². The first-order chi connectivity index (χ1) is 63.8. The number of benzene rings is 9. The first-order valence-electron chi connectivity index (χ1n) is 43.5. The predicted molar refractivity (Wildman–Crippen MR) is 469 cm³/mol. The Bertz CT molecular complexity index is 4910. The highest BCUT2D eigenvalue weighted by Crippen LogP contribution is 2.38. The molecule has 18 atom stereocenters. The maximum Gasteiger partial charge on any atom is 0.410 e. The number of nitrogens with zero attached hydrogens (tertiary/aromatic N) is 1. The van der Waals surface area contributed by atoms with Gasteiger partial charge in [-0.2, -0.15) is 0 Å². The molecule has 131 heavy (non-hydrogen) atoms. The molecular weight excluding hydrogens is 1700 g/mol. The number of ether oxygens (including phenoxy) is 18. The minimum absolute atomic E-state index is 0.00834. The maximum atomic E-state index is 15.3. The molecule has 0 radical (unpaired) electrons. The molecule has 31 heteroatoms. The van der Waals surface area contributed by atoms with E-state index in [2.05, 4.69) is 0 Å². The van der Waals surface area contributed by atoms with Crippen molar-refractivity contribution < 1.29 is 144 Å². The summed E-state index contributed by atoms with van der Waals surface area (Å²) in [5.74, 6) is -6.96. The quantitative estimate of drug-likeness (QED) is 0.0119. The van der Waals surface area contributed by atoms with Gasteiger partial charge in [-0.1, -0.05) is 215 Å². The number of esters is 7. The second-order valence-corrected chi connectivity index (χ2v) is 30.7. The summed E-state index contributed by atoms with van der Waals surface area (Å²) < 4.78 is 118. The Labute approximate surface area is 759 Å². The van der Waals surface area contributed by atoms with Crippen LogP contribution < -0.4 is 0 Å². The third-order valence-corrected chi connectivity index (χ3v) is 21.0. The standard InChI is InChI=1S/C100H111NO30/c1-5-7-55-114-62-79(125-96(81(121-91(108)72-44-26-13-27-45-72)64-117-89(106)70-40-22-11-23-41-70)116-57-54-101(58-68-36-18-9-19-37-68)100(113)119-61-69-38-20-10-21-39-69)67(4)120-98-87(128-94(111)75-50-32-16-33-51-75)85(83(105)78(60-103)124-98)131-99-88(129-95(112)76-52-34-17-35-53-76)86(127-93(110)74-48-30-15-31-49-74)84(80(126-99)63-115-56-8-6-2)130-97(123-77(59-102)66(3)104)82(122-92(109)73-46-28-14-29-47-73)65-118-90(107)71-42-24-12-25-43-71/h9-53,66-67,77-88,96-99,102-105H,5-8,54-65H2,1-4H3/t66-,67-,77?,78?,79?,80?,81-,82-,83+,84+,85?,86?,87-,88?,96+,97-,98+,99-/m0/s1. The van der Waals surface area contributed by atoms with Gasteiger partial charge in [0, 0.05) is 26.3 Å². The lowest BCUT2D eigenvalue weighted by Crippen LogP contribution is -2.67. The molecule has 696 valence electrons. The molecule has 1 amide bonds. The molecule has 0 aliphatic carbocycles. The van der Waals surface area contributed by atoms with Crippen molar-refractivity contribution in [3.8, 4) is 0 Å². The fourth-order valence-corrected chi connectivity index (χ4v) is 13.8. The Morgan fingerprint density at radius 2 is 0.794 bits per heavy atom. The minimum atomic E-state index is -2.20. The summed E-state index contributed by atoms with van der Waals surface area (Å²) >= 11 is 0. The van der Waals surface area contributed by atoms with Gasteiger partial charge < -0.3 is 111 Å². The number of aliphatic hydroxyl groups excluding tert-OH is 4. The average molecular weight is 1810 g/mol. The van der Waals surface area contributed by atoms with Crippen LogP contribution in [0.3, 0.4) is 0 Å². The van der Waals surface area contributed by atoms with Crippen molar-refractivity contribution in [3.05, 3.63) is 323 Å². The topological polar surface area (TPSA) is 387 Å². The van der Waals surface area contributed by atoms with E-state index in [1.807, 2.05) is 62.4 Å². The summed E-state index contributed by atoms with van der Waals surface area (Å²) in [6, 6.07) is 72.1. The van der Waals surface area contributed by atoms with E-state index >= 15 is 14.4 Å². The highest BCUT2D eigenvalue weighted by Gasteiger charge is 2.58. The van der Waals surface area contributed by atoms with Gasteiger partial charge in [-0.05, 0) is 123 Å². The molecule has 4 N–H and O–H groups in total. The van der Waals surface area contributed by atoms with E-state index in [0.29, 0.717) is 31.2 Å². The van der Waals surface area contributed by atoms with Crippen molar-refractivity contribution in [3.63, 3.8) is 0 Å². The number of amides is 1. The van der Waals surface area contributed by atoms with Crippen LogP contribution in [0.2, 0.25) is 0 Å². The number of rotatable bonds is 50. The number of carbonyl (C=O) groups excluding carboxylic acids is 8. The lowest BCUT2D eigenvalue weighted by atomic mass is 9.95. The molecule has 2 saturated heterocycles. The van der Waals surface area contributed by atoms with Gasteiger partial charge in [-0.3, -0.25) is 0 Å². The van der Waals surface area contributed by atoms with Crippen molar-refractivity contribution >= 4 is 47.9 Å². The molecule has 0 saturated carbocycles. The normalized spacial score (nSPS) is 20.1.